The average molecular weight is 305 g/mol. The van der Waals surface area contributed by atoms with Gasteiger partial charge in [0.1, 0.15) is 11.4 Å². The molecule has 1 N–H and O–H groups in total. The van der Waals surface area contributed by atoms with E-state index in [1.807, 2.05) is 0 Å². The molecule has 1 amide bonds. The Kier molecular flexibility index (Phi) is 6.11. The molecule has 22 heavy (non-hydrogen) atoms. The van der Waals surface area contributed by atoms with Gasteiger partial charge in [0.05, 0.1) is 11.1 Å². The summed E-state index contributed by atoms with van der Waals surface area (Å²) in [4.78, 5) is 22.6. The molecular formula is C17H20FNO3. The van der Waals surface area contributed by atoms with E-state index in [1.54, 1.807) is 26.8 Å². The first-order valence-electron chi connectivity index (χ1n) is 6.96. The van der Waals surface area contributed by atoms with Crippen LogP contribution in [0.1, 0.15) is 50.0 Å². The van der Waals surface area contributed by atoms with Crippen molar-refractivity contribution >= 4 is 11.9 Å². The van der Waals surface area contributed by atoms with E-state index in [-0.39, 0.29) is 16.9 Å². The average Bonchev–Trinajstić information content (AvgIpc) is 2.37. The van der Waals surface area contributed by atoms with Crippen LogP contribution >= 0.6 is 0 Å². The third kappa shape index (κ3) is 5.96. The molecule has 1 aromatic carbocycles. The fraction of sp³-hybridized carbons (Fsp3) is 0.412. The van der Waals surface area contributed by atoms with Gasteiger partial charge in [-0.3, -0.25) is 4.79 Å². The quantitative estimate of drug-likeness (QED) is 0.529. The molecule has 0 radical (unpaired) electrons. The van der Waals surface area contributed by atoms with Gasteiger partial charge in [0, 0.05) is 13.0 Å². The lowest BCUT2D eigenvalue weighted by Gasteiger charge is -2.19. The number of hydrogen-bond acceptors (Lipinski definition) is 3. The topological polar surface area (TPSA) is 55.4 Å². The highest BCUT2D eigenvalue weighted by Crippen LogP contribution is 2.12. The van der Waals surface area contributed by atoms with E-state index in [4.69, 9.17) is 4.74 Å². The molecule has 0 fully saturated rings. The van der Waals surface area contributed by atoms with E-state index in [0.29, 0.717) is 13.0 Å². The maximum Gasteiger partial charge on any atom is 0.407 e. The minimum Gasteiger partial charge on any atom is -0.444 e. The highest BCUT2D eigenvalue weighted by atomic mass is 19.1. The highest BCUT2D eigenvalue weighted by Gasteiger charge is 2.15. The summed E-state index contributed by atoms with van der Waals surface area (Å²) < 4.78 is 19.0. The molecule has 0 aliphatic heterocycles. The molecule has 1 rings (SSSR count). The zero-order chi connectivity index (χ0) is 16.8. The minimum absolute atomic E-state index is 0.0266. The first-order valence-corrected chi connectivity index (χ1v) is 6.96. The van der Waals surface area contributed by atoms with E-state index >= 15 is 0 Å². The van der Waals surface area contributed by atoms with Crippen LogP contribution in [0.15, 0.2) is 18.2 Å². The molecule has 0 aliphatic rings. The predicted molar refractivity (Wildman–Crippen MR) is 82.1 cm³/mol. The van der Waals surface area contributed by atoms with Gasteiger partial charge in [-0.2, -0.15) is 0 Å². The van der Waals surface area contributed by atoms with E-state index in [2.05, 4.69) is 17.2 Å². The van der Waals surface area contributed by atoms with Crippen LogP contribution in [-0.4, -0.2) is 24.0 Å². The Morgan fingerprint density at radius 2 is 2.00 bits per heavy atom. The molecule has 4 nitrogen and oxygen atoms in total. The second-order valence-electron chi connectivity index (χ2n) is 5.70. The Morgan fingerprint density at radius 1 is 1.32 bits per heavy atom. The van der Waals surface area contributed by atoms with Crippen LogP contribution in [0.25, 0.3) is 0 Å². The zero-order valence-corrected chi connectivity index (χ0v) is 13.2. The fourth-order valence-electron chi connectivity index (χ4n) is 1.60. The maximum absolute atomic E-state index is 13.9. The number of benzene rings is 1. The Bertz CT molecular complexity index is 621. The van der Waals surface area contributed by atoms with Crippen molar-refractivity contribution in [3.63, 3.8) is 0 Å². The summed E-state index contributed by atoms with van der Waals surface area (Å²) in [5, 5.41) is 2.56. The largest absolute Gasteiger partial charge is 0.444 e. The van der Waals surface area contributed by atoms with Gasteiger partial charge in [-0.25, -0.2) is 9.18 Å². The number of carbonyl (C=O) groups excluding carboxylic acids is 2. The number of carbonyl (C=O) groups is 2. The number of rotatable bonds is 3. The molecule has 0 unspecified atom stereocenters. The Morgan fingerprint density at radius 3 is 2.59 bits per heavy atom. The lowest BCUT2D eigenvalue weighted by atomic mass is 10.1. The molecule has 0 aliphatic carbocycles. The summed E-state index contributed by atoms with van der Waals surface area (Å²) in [6, 6.07) is 4.52. The van der Waals surface area contributed by atoms with Gasteiger partial charge in [-0.1, -0.05) is 17.9 Å². The highest BCUT2D eigenvalue weighted by molar-refractivity contribution is 5.94. The van der Waals surface area contributed by atoms with Gasteiger partial charge in [0.15, 0.2) is 5.78 Å². The second kappa shape index (κ2) is 7.60. The summed E-state index contributed by atoms with van der Waals surface area (Å²) >= 11 is 0. The Labute approximate surface area is 130 Å². The molecule has 1 aromatic rings. The van der Waals surface area contributed by atoms with Crippen molar-refractivity contribution in [3.8, 4) is 11.8 Å². The van der Waals surface area contributed by atoms with Crippen LogP contribution in [0.4, 0.5) is 9.18 Å². The summed E-state index contributed by atoms with van der Waals surface area (Å²) in [5.41, 5.74) is -0.352. The van der Waals surface area contributed by atoms with Crippen LogP contribution in [0.3, 0.4) is 0 Å². The van der Waals surface area contributed by atoms with Crippen LogP contribution < -0.4 is 5.32 Å². The summed E-state index contributed by atoms with van der Waals surface area (Å²) in [6.45, 7) is 6.93. The van der Waals surface area contributed by atoms with Crippen molar-refractivity contribution in [2.75, 3.05) is 6.54 Å². The van der Waals surface area contributed by atoms with Crippen molar-refractivity contribution in [1.82, 2.24) is 5.32 Å². The van der Waals surface area contributed by atoms with Crippen LogP contribution in [0, 0.1) is 17.7 Å². The number of ether oxygens (including phenoxy) is 1. The number of hydrogen-bond donors (Lipinski definition) is 1. The van der Waals surface area contributed by atoms with E-state index < -0.39 is 17.5 Å². The van der Waals surface area contributed by atoms with Crippen molar-refractivity contribution in [1.29, 1.82) is 0 Å². The van der Waals surface area contributed by atoms with Gasteiger partial charge in [0.2, 0.25) is 0 Å². The lowest BCUT2D eigenvalue weighted by molar-refractivity contribution is 0.0529. The normalized spacial score (nSPS) is 10.4. The molecule has 0 spiro atoms. The first-order chi connectivity index (χ1) is 10.2. The Hall–Kier alpha value is -2.35. The number of nitrogens with one attached hydrogen (secondary N) is 1. The molecule has 0 saturated carbocycles. The lowest BCUT2D eigenvalue weighted by Crippen LogP contribution is -2.32. The second-order valence-corrected chi connectivity index (χ2v) is 5.70. The first kappa shape index (κ1) is 17.7. The number of Topliss-reactive ketones (excluding diaryl/α,β-unsaturated/α-hetero) is 1. The summed E-state index contributed by atoms with van der Waals surface area (Å²) in [6.07, 6.45) is -0.165. The smallest absolute Gasteiger partial charge is 0.407 e. The number of halogens is 1. The van der Waals surface area contributed by atoms with Crippen LogP contribution in [0.5, 0.6) is 0 Å². The van der Waals surface area contributed by atoms with Gasteiger partial charge in [-0.05, 0) is 39.8 Å². The van der Waals surface area contributed by atoms with E-state index in [9.17, 15) is 14.0 Å². The van der Waals surface area contributed by atoms with Crippen molar-refractivity contribution in [2.45, 2.75) is 39.7 Å². The molecule has 0 saturated heterocycles. The zero-order valence-electron chi connectivity index (χ0n) is 13.2. The van der Waals surface area contributed by atoms with Gasteiger partial charge >= 0.3 is 6.09 Å². The molecular weight excluding hydrogens is 285 g/mol. The third-order valence-corrected chi connectivity index (χ3v) is 2.52. The van der Waals surface area contributed by atoms with Gasteiger partial charge in [0.25, 0.3) is 0 Å². The number of ketones is 1. The monoisotopic (exact) mass is 305 g/mol. The predicted octanol–water partition coefficient (Wildman–Crippen LogP) is 3.29. The van der Waals surface area contributed by atoms with Gasteiger partial charge < -0.3 is 10.1 Å². The van der Waals surface area contributed by atoms with Crippen molar-refractivity contribution < 1.29 is 18.7 Å². The third-order valence-electron chi connectivity index (χ3n) is 2.52. The van der Waals surface area contributed by atoms with Crippen LogP contribution in [-0.2, 0) is 4.74 Å². The van der Waals surface area contributed by atoms with Crippen molar-refractivity contribution in [2.24, 2.45) is 0 Å². The van der Waals surface area contributed by atoms with E-state index in [1.165, 1.54) is 19.1 Å². The number of amides is 1. The summed E-state index contributed by atoms with van der Waals surface area (Å²) in [5.74, 6) is 4.47. The summed E-state index contributed by atoms with van der Waals surface area (Å²) in [7, 11) is 0. The fourth-order valence-corrected chi connectivity index (χ4v) is 1.60. The standard InChI is InChI=1S/C17H20FNO3/c1-12(20)14-10-7-9-13(15(14)18)8-5-6-11-19-16(21)22-17(2,3)4/h7,9-10H,6,11H2,1-4H3,(H,19,21). The molecule has 5 heteroatoms. The van der Waals surface area contributed by atoms with Crippen molar-refractivity contribution in [3.05, 3.63) is 35.1 Å². The Balaban J connectivity index is 2.54. The molecule has 0 heterocycles. The molecule has 0 bridgehead atoms. The minimum atomic E-state index is -0.609. The molecule has 0 aromatic heterocycles. The molecule has 118 valence electrons. The number of alkyl carbamates (subject to hydrolysis) is 1. The maximum atomic E-state index is 13.9. The van der Waals surface area contributed by atoms with Crippen LogP contribution in [0.2, 0.25) is 0 Å². The SMILES string of the molecule is CC(=O)c1cccc(C#CCCNC(=O)OC(C)(C)C)c1F. The molecule has 0 atom stereocenters. The van der Waals surface area contributed by atoms with Gasteiger partial charge in [-0.15, -0.1) is 0 Å². The van der Waals surface area contributed by atoms with E-state index in [0.717, 1.165) is 0 Å².